The number of benzene rings is 2. The van der Waals surface area contributed by atoms with Crippen LogP contribution in [0.3, 0.4) is 0 Å². The van der Waals surface area contributed by atoms with Crippen molar-refractivity contribution in [2.75, 3.05) is 0 Å². The number of hydrazine groups is 1. The molecule has 0 bridgehead atoms. The highest BCUT2D eigenvalue weighted by Crippen LogP contribution is 2.30. The lowest BCUT2D eigenvalue weighted by atomic mass is 9.95. The number of nitrogens with two attached hydrogens (primary N) is 1. The van der Waals surface area contributed by atoms with Crippen LogP contribution in [0.15, 0.2) is 40.9 Å². The Morgan fingerprint density at radius 2 is 1.95 bits per heavy atom. The molecule has 3 N–H and O–H groups in total. The average Bonchev–Trinajstić information content (AvgIpc) is 2.38. The predicted molar refractivity (Wildman–Crippen MR) is 87.2 cm³/mol. The average molecular weight is 435 g/mol. The molecule has 2 rings (SSSR count). The van der Waals surface area contributed by atoms with Gasteiger partial charge in [0.15, 0.2) is 0 Å². The number of halogens is 3. The fourth-order valence-corrected chi connectivity index (χ4v) is 3.03. The van der Waals surface area contributed by atoms with Crippen LogP contribution < -0.4 is 11.3 Å². The largest absolute Gasteiger partial charge is 0.271 e. The summed E-state index contributed by atoms with van der Waals surface area (Å²) in [5.41, 5.74) is 5.64. The van der Waals surface area contributed by atoms with Crippen molar-refractivity contribution in [1.82, 2.24) is 5.43 Å². The van der Waals surface area contributed by atoms with Crippen molar-refractivity contribution < 1.29 is 4.39 Å². The summed E-state index contributed by atoms with van der Waals surface area (Å²) in [6.07, 6.45) is 0. The van der Waals surface area contributed by atoms with Crippen LogP contribution in [0.2, 0.25) is 0 Å². The standard InChI is InChI=1S/C14H13BrFIN2/c1-8-2-4-10(16)7-11(8)14(19-18)12-6-9(15)3-5-13(12)17/h2-7,14,19H,18H2,1H3. The molecule has 1 unspecified atom stereocenters. The van der Waals surface area contributed by atoms with Gasteiger partial charge in [-0.3, -0.25) is 5.84 Å². The van der Waals surface area contributed by atoms with Crippen molar-refractivity contribution in [3.63, 3.8) is 0 Å². The Morgan fingerprint density at radius 1 is 1.21 bits per heavy atom. The number of rotatable bonds is 3. The SMILES string of the molecule is Cc1ccc(F)cc1C(NN)c1cc(Br)ccc1I. The summed E-state index contributed by atoms with van der Waals surface area (Å²) >= 11 is 5.71. The predicted octanol–water partition coefficient (Wildman–Crippen LogP) is 4.05. The van der Waals surface area contributed by atoms with Gasteiger partial charge in [0.2, 0.25) is 0 Å². The van der Waals surface area contributed by atoms with Gasteiger partial charge in [-0.1, -0.05) is 22.0 Å². The van der Waals surface area contributed by atoms with Crippen LogP contribution in [0.5, 0.6) is 0 Å². The number of nitrogens with one attached hydrogen (secondary N) is 1. The van der Waals surface area contributed by atoms with Crippen LogP contribution in [0.4, 0.5) is 4.39 Å². The van der Waals surface area contributed by atoms with Gasteiger partial charge in [0, 0.05) is 8.04 Å². The summed E-state index contributed by atoms with van der Waals surface area (Å²) in [7, 11) is 0. The second kappa shape index (κ2) is 6.30. The molecule has 1 atom stereocenters. The van der Waals surface area contributed by atoms with Gasteiger partial charge in [-0.05, 0) is 76.5 Å². The molecule has 2 aromatic carbocycles. The minimum Gasteiger partial charge on any atom is -0.271 e. The molecule has 0 heterocycles. The molecule has 0 aliphatic heterocycles. The molecular formula is C14H13BrFIN2. The molecule has 0 aliphatic carbocycles. The van der Waals surface area contributed by atoms with E-state index in [2.05, 4.69) is 43.9 Å². The molecule has 0 saturated heterocycles. The zero-order valence-corrected chi connectivity index (χ0v) is 14.0. The molecule has 0 spiro atoms. The molecule has 2 nitrogen and oxygen atoms in total. The number of hydrogen-bond donors (Lipinski definition) is 2. The van der Waals surface area contributed by atoms with Crippen molar-refractivity contribution in [3.05, 3.63) is 66.9 Å². The Hall–Kier alpha value is -0.500. The van der Waals surface area contributed by atoms with Gasteiger partial charge in [0.05, 0.1) is 6.04 Å². The summed E-state index contributed by atoms with van der Waals surface area (Å²) in [6.45, 7) is 1.95. The first-order valence-electron chi connectivity index (χ1n) is 5.70. The minimum atomic E-state index is -0.258. The first-order chi connectivity index (χ1) is 9.02. The third-order valence-corrected chi connectivity index (χ3v) is 4.46. The van der Waals surface area contributed by atoms with Crippen LogP contribution >= 0.6 is 38.5 Å². The number of aryl methyl sites for hydroxylation is 1. The summed E-state index contributed by atoms with van der Waals surface area (Å²) in [4.78, 5) is 0. The van der Waals surface area contributed by atoms with Crippen LogP contribution in [0, 0.1) is 16.3 Å². The second-order valence-corrected chi connectivity index (χ2v) is 6.34. The summed E-state index contributed by atoms with van der Waals surface area (Å²) in [6, 6.07) is 10.5. The van der Waals surface area contributed by atoms with Crippen molar-refractivity contribution in [3.8, 4) is 0 Å². The van der Waals surface area contributed by atoms with Gasteiger partial charge in [0.25, 0.3) is 0 Å². The van der Waals surface area contributed by atoms with Gasteiger partial charge >= 0.3 is 0 Å². The lowest BCUT2D eigenvalue weighted by Gasteiger charge is -2.20. The van der Waals surface area contributed by atoms with E-state index in [1.165, 1.54) is 12.1 Å². The molecular weight excluding hydrogens is 422 g/mol. The normalized spacial score (nSPS) is 12.5. The molecule has 0 fully saturated rings. The molecule has 100 valence electrons. The van der Waals surface area contributed by atoms with Gasteiger partial charge in [-0.2, -0.15) is 0 Å². The lowest BCUT2D eigenvalue weighted by molar-refractivity contribution is 0.601. The molecule has 0 radical (unpaired) electrons. The highest BCUT2D eigenvalue weighted by atomic mass is 127. The van der Waals surface area contributed by atoms with Crippen molar-refractivity contribution in [2.24, 2.45) is 5.84 Å². The Kier molecular flexibility index (Phi) is 4.94. The van der Waals surface area contributed by atoms with E-state index in [1.807, 2.05) is 25.1 Å². The molecule has 2 aromatic rings. The van der Waals surface area contributed by atoms with Crippen molar-refractivity contribution in [1.29, 1.82) is 0 Å². The zero-order valence-electron chi connectivity index (χ0n) is 10.3. The highest BCUT2D eigenvalue weighted by Gasteiger charge is 2.18. The van der Waals surface area contributed by atoms with Gasteiger partial charge in [-0.25, -0.2) is 9.82 Å². The lowest BCUT2D eigenvalue weighted by Crippen LogP contribution is -2.30. The maximum Gasteiger partial charge on any atom is 0.123 e. The number of hydrogen-bond acceptors (Lipinski definition) is 2. The fourth-order valence-electron chi connectivity index (χ4n) is 2.01. The first kappa shape index (κ1) is 14.9. The third-order valence-electron chi connectivity index (χ3n) is 2.99. The van der Waals surface area contributed by atoms with E-state index in [9.17, 15) is 4.39 Å². The topological polar surface area (TPSA) is 38.0 Å². The maximum atomic E-state index is 13.5. The summed E-state index contributed by atoms with van der Waals surface area (Å²) in [5, 5.41) is 0. The van der Waals surface area contributed by atoms with Crippen LogP contribution in [0.25, 0.3) is 0 Å². The Bertz CT molecular complexity index is 552. The minimum absolute atomic E-state index is 0.236. The van der Waals surface area contributed by atoms with Crippen LogP contribution in [-0.4, -0.2) is 0 Å². The molecule has 19 heavy (non-hydrogen) atoms. The monoisotopic (exact) mass is 434 g/mol. The van der Waals surface area contributed by atoms with E-state index in [0.29, 0.717) is 0 Å². The van der Waals surface area contributed by atoms with Gasteiger partial charge in [0.1, 0.15) is 5.82 Å². The van der Waals surface area contributed by atoms with Crippen LogP contribution in [-0.2, 0) is 0 Å². The van der Waals surface area contributed by atoms with E-state index in [0.717, 1.165) is 24.7 Å². The molecule has 5 heteroatoms. The van der Waals surface area contributed by atoms with E-state index in [4.69, 9.17) is 5.84 Å². The van der Waals surface area contributed by atoms with Gasteiger partial charge < -0.3 is 0 Å². The molecule has 0 saturated carbocycles. The van der Waals surface area contributed by atoms with E-state index in [1.54, 1.807) is 6.07 Å². The zero-order chi connectivity index (χ0) is 14.0. The first-order valence-corrected chi connectivity index (χ1v) is 7.57. The smallest absolute Gasteiger partial charge is 0.123 e. The van der Waals surface area contributed by atoms with Crippen LogP contribution in [0.1, 0.15) is 22.7 Å². The molecule has 0 amide bonds. The Balaban J connectivity index is 2.55. The quantitative estimate of drug-likeness (QED) is 0.434. The second-order valence-electron chi connectivity index (χ2n) is 4.27. The molecule has 0 aliphatic rings. The fraction of sp³-hybridized carbons (Fsp3) is 0.143. The maximum absolute atomic E-state index is 13.5. The Labute approximate surface area is 133 Å². The highest BCUT2D eigenvalue weighted by molar-refractivity contribution is 14.1. The van der Waals surface area contributed by atoms with Gasteiger partial charge in [-0.15, -0.1) is 0 Å². The van der Waals surface area contributed by atoms with Crippen molar-refractivity contribution >= 4 is 38.5 Å². The van der Waals surface area contributed by atoms with E-state index in [-0.39, 0.29) is 11.9 Å². The van der Waals surface area contributed by atoms with Crippen molar-refractivity contribution in [2.45, 2.75) is 13.0 Å². The third kappa shape index (κ3) is 3.34. The Morgan fingerprint density at radius 3 is 2.63 bits per heavy atom. The van der Waals surface area contributed by atoms with E-state index >= 15 is 0 Å². The van der Waals surface area contributed by atoms with E-state index < -0.39 is 0 Å². The summed E-state index contributed by atoms with van der Waals surface area (Å²) < 4.78 is 15.5. The summed E-state index contributed by atoms with van der Waals surface area (Å²) in [5.74, 6) is 5.43. The molecule has 0 aromatic heterocycles.